The third-order valence-electron chi connectivity index (χ3n) is 4.41. The van der Waals surface area contributed by atoms with Gasteiger partial charge in [0.15, 0.2) is 0 Å². The predicted molar refractivity (Wildman–Crippen MR) is 77.4 cm³/mol. The van der Waals surface area contributed by atoms with Crippen LogP contribution in [0.4, 0.5) is 5.95 Å². The minimum absolute atomic E-state index is 0.402. The lowest BCUT2D eigenvalue weighted by molar-refractivity contribution is 0.370. The molecule has 0 saturated heterocycles. The molecule has 1 fully saturated rings. The Morgan fingerprint density at radius 1 is 1.37 bits per heavy atom. The molecule has 1 aliphatic carbocycles. The van der Waals surface area contributed by atoms with Gasteiger partial charge in [-0.3, -0.25) is 0 Å². The van der Waals surface area contributed by atoms with Crippen molar-refractivity contribution in [2.24, 2.45) is 5.92 Å². The largest absolute Gasteiger partial charge is 0.497 e. The molecular formula is C15H21N3O. The van der Waals surface area contributed by atoms with Gasteiger partial charge >= 0.3 is 0 Å². The van der Waals surface area contributed by atoms with E-state index in [4.69, 9.17) is 10.5 Å². The highest BCUT2D eigenvalue weighted by Crippen LogP contribution is 2.37. The molecule has 2 aromatic rings. The number of hydrogen-bond donors (Lipinski definition) is 1. The number of methoxy groups -OCH3 is 1. The maximum atomic E-state index is 6.12. The molecule has 1 unspecified atom stereocenters. The first-order valence-electron chi connectivity index (χ1n) is 7.02. The van der Waals surface area contributed by atoms with Crippen molar-refractivity contribution in [3.05, 3.63) is 18.2 Å². The minimum Gasteiger partial charge on any atom is -0.497 e. The van der Waals surface area contributed by atoms with Crippen molar-refractivity contribution in [1.82, 2.24) is 9.55 Å². The van der Waals surface area contributed by atoms with Gasteiger partial charge in [0, 0.05) is 12.1 Å². The summed E-state index contributed by atoms with van der Waals surface area (Å²) < 4.78 is 7.48. The Hall–Kier alpha value is -1.71. The van der Waals surface area contributed by atoms with E-state index in [1.807, 2.05) is 18.2 Å². The van der Waals surface area contributed by atoms with Gasteiger partial charge in [-0.2, -0.15) is 0 Å². The Bertz CT molecular complexity index is 584. The third-order valence-corrected chi connectivity index (χ3v) is 4.41. The van der Waals surface area contributed by atoms with Crippen LogP contribution >= 0.6 is 0 Å². The molecule has 1 aromatic heterocycles. The second kappa shape index (κ2) is 4.76. The Morgan fingerprint density at radius 2 is 2.11 bits per heavy atom. The number of hydrogen-bond acceptors (Lipinski definition) is 3. The molecule has 3 rings (SSSR count). The van der Waals surface area contributed by atoms with Crippen molar-refractivity contribution in [2.75, 3.05) is 12.8 Å². The van der Waals surface area contributed by atoms with Crippen LogP contribution in [0.25, 0.3) is 11.0 Å². The van der Waals surface area contributed by atoms with E-state index < -0.39 is 0 Å². The number of imidazole rings is 1. The average Bonchev–Trinajstić information content (AvgIpc) is 3.03. The van der Waals surface area contributed by atoms with Gasteiger partial charge < -0.3 is 15.0 Å². The van der Waals surface area contributed by atoms with Crippen molar-refractivity contribution >= 4 is 17.0 Å². The van der Waals surface area contributed by atoms with Crippen LogP contribution in [0.3, 0.4) is 0 Å². The van der Waals surface area contributed by atoms with Crippen LogP contribution in [0, 0.1) is 5.92 Å². The van der Waals surface area contributed by atoms with E-state index in [1.54, 1.807) is 7.11 Å². The van der Waals surface area contributed by atoms with Crippen LogP contribution in [-0.2, 0) is 0 Å². The van der Waals surface area contributed by atoms with E-state index >= 15 is 0 Å². The Balaban J connectivity index is 2.07. The normalized spacial score (nSPS) is 18.0. The molecule has 1 saturated carbocycles. The highest BCUT2D eigenvalue weighted by molar-refractivity contribution is 5.80. The first-order valence-corrected chi connectivity index (χ1v) is 7.02. The number of benzene rings is 1. The molecule has 4 heteroatoms. The third kappa shape index (κ3) is 2.05. The number of aromatic nitrogens is 2. The summed E-state index contributed by atoms with van der Waals surface area (Å²) in [4.78, 5) is 4.47. The molecule has 0 spiro atoms. The fourth-order valence-electron chi connectivity index (χ4n) is 3.30. The molecule has 102 valence electrons. The standard InChI is InChI=1S/C15H21N3O/c1-10(11-5-3-4-6-11)18-14-9-12(19-2)7-8-13(14)17-15(18)16/h7-11H,3-6H2,1-2H3,(H2,16,17). The predicted octanol–water partition coefficient (Wildman–Crippen LogP) is 3.38. The summed E-state index contributed by atoms with van der Waals surface area (Å²) in [5, 5.41) is 0. The molecule has 0 bridgehead atoms. The van der Waals surface area contributed by atoms with Gasteiger partial charge in [-0.25, -0.2) is 4.98 Å². The maximum absolute atomic E-state index is 6.12. The molecule has 4 nitrogen and oxygen atoms in total. The first kappa shape index (κ1) is 12.3. The van der Waals surface area contributed by atoms with Crippen LogP contribution in [0.15, 0.2) is 18.2 Å². The molecule has 2 N–H and O–H groups in total. The van der Waals surface area contributed by atoms with E-state index in [1.165, 1.54) is 25.7 Å². The second-order valence-electron chi connectivity index (χ2n) is 5.48. The van der Waals surface area contributed by atoms with Crippen molar-refractivity contribution in [2.45, 2.75) is 38.6 Å². The zero-order valence-corrected chi connectivity index (χ0v) is 11.6. The number of nitrogens with two attached hydrogens (primary N) is 1. The monoisotopic (exact) mass is 259 g/mol. The minimum atomic E-state index is 0.402. The molecule has 0 radical (unpaired) electrons. The second-order valence-corrected chi connectivity index (χ2v) is 5.48. The molecule has 1 aromatic carbocycles. The van der Waals surface area contributed by atoms with Gasteiger partial charge in [0.25, 0.3) is 0 Å². The first-order chi connectivity index (χ1) is 9.20. The lowest BCUT2D eigenvalue weighted by Gasteiger charge is -2.22. The summed E-state index contributed by atoms with van der Waals surface area (Å²) in [6, 6.07) is 6.34. The topological polar surface area (TPSA) is 53.1 Å². The quantitative estimate of drug-likeness (QED) is 0.919. The number of rotatable bonds is 3. The lowest BCUT2D eigenvalue weighted by atomic mass is 9.99. The molecule has 1 atom stereocenters. The SMILES string of the molecule is COc1ccc2nc(N)n(C(C)C3CCCC3)c2c1. The number of ether oxygens (including phenoxy) is 1. The molecule has 0 aliphatic heterocycles. The molecule has 19 heavy (non-hydrogen) atoms. The lowest BCUT2D eigenvalue weighted by Crippen LogP contribution is -2.16. The van der Waals surface area contributed by atoms with Crippen LogP contribution in [0.5, 0.6) is 5.75 Å². The van der Waals surface area contributed by atoms with E-state index in [-0.39, 0.29) is 0 Å². The van der Waals surface area contributed by atoms with Crippen molar-refractivity contribution in [3.63, 3.8) is 0 Å². The number of fused-ring (bicyclic) bond motifs is 1. The van der Waals surface area contributed by atoms with Crippen molar-refractivity contribution in [3.8, 4) is 5.75 Å². The van der Waals surface area contributed by atoms with E-state index in [0.29, 0.717) is 17.9 Å². The Kier molecular flexibility index (Phi) is 3.09. The number of nitrogens with zero attached hydrogens (tertiary/aromatic N) is 2. The van der Waals surface area contributed by atoms with Crippen LogP contribution in [0.2, 0.25) is 0 Å². The highest BCUT2D eigenvalue weighted by Gasteiger charge is 2.25. The van der Waals surface area contributed by atoms with E-state index in [0.717, 1.165) is 16.8 Å². The zero-order chi connectivity index (χ0) is 13.4. The fraction of sp³-hybridized carbons (Fsp3) is 0.533. The summed E-state index contributed by atoms with van der Waals surface area (Å²) in [5.41, 5.74) is 8.15. The van der Waals surface area contributed by atoms with Gasteiger partial charge in [0.1, 0.15) is 5.75 Å². The van der Waals surface area contributed by atoms with Gasteiger partial charge in [-0.1, -0.05) is 12.8 Å². The summed E-state index contributed by atoms with van der Waals surface area (Å²) in [7, 11) is 1.69. The zero-order valence-electron chi connectivity index (χ0n) is 11.6. The maximum Gasteiger partial charge on any atom is 0.201 e. The van der Waals surface area contributed by atoms with E-state index in [9.17, 15) is 0 Å². The summed E-state index contributed by atoms with van der Waals surface area (Å²) in [5.74, 6) is 2.18. The summed E-state index contributed by atoms with van der Waals surface area (Å²) in [6.07, 6.45) is 5.27. The molecule has 0 amide bonds. The van der Waals surface area contributed by atoms with E-state index in [2.05, 4.69) is 16.5 Å². The molecule has 1 aliphatic rings. The van der Waals surface area contributed by atoms with Gasteiger partial charge in [-0.15, -0.1) is 0 Å². The smallest absolute Gasteiger partial charge is 0.201 e. The van der Waals surface area contributed by atoms with Crippen LogP contribution in [0.1, 0.15) is 38.6 Å². The van der Waals surface area contributed by atoms with Gasteiger partial charge in [-0.05, 0) is 37.8 Å². The Morgan fingerprint density at radius 3 is 2.79 bits per heavy atom. The summed E-state index contributed by atoms with van der Waals surface area (Å²) >= 11 is 0. The van der Waals surface area contributed by atoms with Crippen LogP contribution in [-0.4, -0.2) is 16.7 Å². The number of nitrogen functional groups attached to an aromatic ring is 1. The Labute approximate surface area is 113 Å². The highest BCUT2D eigenvalue weighted by atomic mass is 16.5. The van der Waals surface area contributed by atoms with Crippen molar-refractivity contribution in [1.29, 1.82) is 0 Å². The molecular weight excluding hydrogens is 238 g/mol. The van der Waals surface area contributed by atoms with Crippen LogP contribution < -0.4 is 10.5 Å². The fourth-order valence-corrected chi connectivity index (χ4v) is 3.30. The average molecular weight is 259 g/mol. The number of anilines is 1. The van der Waals surface area contributed by atoms with Gasteiger partial charge in [0.05, 0.1) is 18.1 Å². The van der Waals surface area contributed by atoms with Gasteiger partial charge in [0.2, 0.25) is 5.95 Å². The summed E-state index contributed by atoms with van der Waals surface area (Å²) in [6.45, 7) is 2.26. The molecule has 1 heterocycles. The van der Waals surface area contributed by atoms with Crippen molar-refractivity contribution < 1.29 is 4.74 Å².